The minimum absolute atomic E-state index is 0.427. The Bertz CT molecular complexity index is 1300. The third-order valence-electron chi connectivity index (χ3n) is 6.84. The Hall–Kier alpha value is -3.80. The van der Waals surface area contributed by atoms with Crippen molar-refractivity contribution in [3.63, 3.8) is 0 Å². The molecule has 0 saturated heterocycles. The van der Waals surface area contributed by atoms with E-state index in [0.717, 1.165) is 24.3 Å². The van der Waals surface area contributed by atoms with Crippen LogP contribution in [0.25, 0.3) is 11.1 Å². The molecule has 1 aliphatic carbocycles. The lowest BCUT2D eigenvalue weighted by Crippen LogP contribution is -2.58. The molecule has 1 saturated carbocycles. The fourth-order valence-corrected chi connectivity index (χ4v) is 4.91. The number of hydrogen-bond acceptors (Lipinski definition) is 4. The molecule has 0 bridgehead atoms. The second-order valence-electron chi connectivity index (χ2n) is 9.05. The summed E-state index contributed by atoms with van der Waals surface area (Å²) < 4.78 is 6.71. The molecule has 6 rings (SSSR count). The first-order valence-electron chi connectivity index (χ1n) is 11.8. The van der Waals surface area contributed by atoms with Crippen LogP contribution in [0.1, 0.15) is 29.9 Å². The monoisotopic (exact) mass is 447 g/mol. The molecule has 3 aromatic carbocycles. The van der Waals surface area contributed by atoms with E-state index in [4.69, 9.17) is 4.74 Å². The van der Waals surface area contributed by atoms with Gasteiger partial charge in [0.15, 0.2) is 5.70 Å². The average Bonchev–Trinajstić information content (AvgIpc) is 3.29. The number of nitrogens with one attached hydrogen (secondary N) is 1. The van der Waals surface area contributed by atoms with Crippen LogP contribution in [-0.2, 0) is 6.61 Å². The highest BCUT2D eigenvalue weighted by Gasteiger charge is 2.41. The van der Waals surface area contributed by atoms with E-state index >= 15 is 0 Å². The topological polar surface area (TPSA) is 46.0 Å². The number of rotatable bonds is 7. The molecular formula is C29H27N4O+. The number of aliphatic imine (C=N–C) groups is 2. The molecule has 5 nitrogen and oxygen atoms in total. The number of fused-ring (bicyclic) bond motifs is 1. The van der Waals surface area contributed by atoms with Crippen molar-refractivity contribution in [3.8, 4) is 16.9 Å². The lowest BCUT2D eigenvalue weighted by atomic mass is 9.76. The molecule has 34 heavy (non-hydrogen) atoms. The van der Waals surface area contributed by atoms with Gasteiger partial charge >= 0.3 is 0 Å². The maximum atomic E-state index is 6.25. The van der Waals surface area contributed by atoms with Gasteiger partial charge in [0, 0.05) is 0 Å². The summed E-state index contributed by atoms with van der Waals surface area (Å²) in [5.74, 6) is 1.45. The number of benzene rings is 3. The van der Waals surface area contributed by atoms with E-state index in [1.807, 2.05) is 37.2 Å². The van der Waals surface area contributed by atoms with Crippen LogP contribution in [0.2, 0.25) is 0 Å². The Balaban J connectivity index is 1.09. The highest BCUT2D eigenvalue weighted by molar-refractivity contribution is 5.81. The van der Waals surface area contributed by atoms with E-state index in [0.29, 0.717) is 23.2 Å². The molecule has 1 atom stereocenters. The lowest BCUT2D eigenvalue weighted by Gasteiger charge is -2.40. The number of nitrogens with zero attached hydrogens (tertiary/aromatic N) is 3. The standard InChI is InChI=1S/C29H27N4O/c1-2-7-22(8-3-1)29-12-5-4-9-24(29)20-34-28-11-6-10-23(17-28)25-15-26(16-25)32-33-14-13-30-18-27(33)19-31-21-33/h1-14,17-19,21,25-26,32H,15-16,20H2/q+1. The van der Waals surface area contributed by atoms with Gasteiger partial charge in [0.05, 0.1) is 24.7 Å². The van der Waals surface area contributed by atoms with Crippen molar-refractivity contribution in [2.24, 2.45) is 9.98 Å². The van der Waals surface area contributed by atoms with Crippen LogP contribution in [0.15, 0.2) is 113 Å². The van der Waals surface area contributed by atoms with Gasteiger partial charge < -0.3 is 4.74 Å². The molecular weight excluding hydrogens is 420 g/mol. The number of quaternary nitrogens is 1. The molecule has 2 aliphatic heterocycles. The summed E-state index contributed by atoms with van der Waals surface area (Å²) in [5.41, 5.74) is 9.74. The third kappa shape index (κ3) is 4.00. The molecule has 2 heterocycles. The largest absolute Gasteiger partial charge is 0.489 e. The average molecular weight is 448 g/mol. The number of ether oxygens (including phenoxy) is 1. The van der Waals surface area contributed by atoms with Crippen LogP contribution < -0.4 is 10.2 Å². The zero-order valence-corrected chi connectivity index (χ0v) is 18.9. The summed E-state index contributed by atoms with van der Waals surface area (Å²) in [6.07, 6.45) is 11.7. The smallest absolute Gasteiger partial charge is 0.219 e. The van der Waals surface area contributed by atoms with Crippen LogP contribution in [0.4, 0.5) is 0 Å². The normalized spacial score (nSPS) is 24.4. The van der Waals surface area contributed by atoms with Crippen LogP contribution in [0.3, 0.4) is 0 Å². The third-order valence-corrected chi connectivity index (χ3v) is 6.84. The van der Waals surface area contributed by atoms with Gasteiger partial charge in [0.25, 0.3) is 0 Å². The van der Waals surface area contributed by atoms with Crippen molar-refractivity contribution in [2.75, 3.05) is 0 Å². The van der Waals surface area contributed by atoms with Crippen molar-refractivity contribution >= 4 is 12.6 Å². The Labute approximate surface area is 200 Å². The Kier molecular flexibility index (Phi) is 5.41. The molecule has 1 N–H and O–H groups in total. The SMILES string of the molecule is C1=C[N+]2(NC3CC(c4cccc(OCc5ccccc5-c5ccccc5)c4)C3)C=NC=C2C=N1. The van der Waals surface area contributed by atoms with Crippen molar-refractivity contribution in [1.29, 1.82) is 0 Å². The van der Waals surface area contributed by atoms with Gasteiger partial charge in [-0.2, -0.15) is 0 Å². The van der Waals surface area contributed by atoms with Gasteiger partial charge in [-0.3, -0.25) is 4.99 Å². The van der Waals surface area contributed by atoms with Gasteiger partial charge in [-0.25, -0.2) is 4.99 Å². The molecule has 168 valence electrons. The minimum atomic E-state index is 0.427. The molecule has 1 fully saturated rings. The summed E-state index contributed by atoms with van der Waals surface area (Å²) >= 11 is 0. The summed E-state index contributed by atoms with van der Waals surface area (Å²) in [6.45, 7) is 0.547. The van der Waals surface area contributed by atoms with E-state index in [1.165, 1.54) is 22.3 Å². The predicted molar refractivity (Wildman–Crippen MR) is 136 cm³/mol. The molecule has 3 aliphatic rings. The number of hydrogen-bond donors (Lipinski definition) is 1. The molecule has 0 spiro atoms. The fraction of sp³-hybridized carbons (Fsp3) is 0.172. The van der Waals surface area contributed by atoms with Crippen LogP contribution in [-0.4, -0.2) is 23.2 Å². The van der Waals surface area contributed by atoms with E-state index < -0.39 is 0 Å². The second-order valence-corrected chi connectivity index (χ2v) is 9.05. The van der Waals surface area contributed by atoms with Crippen molar-refractivity contribution < 1.29 is 9.33 Å². The maximum absolute atomic E-state index is 6.25. The van der Waals surface area contributed by atoms with Crippen LogP contribution in [0, 0.1) is 0 Å². The van der Waals surface area contributed by atoms with E-state index in [9.17, 15) is 0 Å². The van der Waals surface area contributed by atoms with Crippen LogP contribution >= 0.6 is 0 Å². The van der Waals surface area contributed by atoms with E-state index in [2.05, 4.69) is 88.2 Å². The molecule has 0 aromatic heterocycles. The summed E-state index contributed by atoms with van der Waals surface area (Å²) in [6, 6.07) is 27.9. The first-order valence-corrected chi connectivity index (χ1v) is 11.8. The molecule has 5 heteroatoms. The first-order chi connectivity index (χ1) is 16.8. The Morgan fingerprint density at radius 1 is 0.912 bits per heavy atom. The van der Waals surface area contributed by atoms with Gasteiger partial charge in [-0.05, 0) is 53.1 Å². The van der Waals surface area contributed by atoms with Crippen molar-refractivity contribution in [1.82, 2.24) is 5.43 Å². The summed E-state index contributed by atoms with van der Waals surface area (Å²) in [7, 11) is 0. The van der Waals surface area contributed by atoms with Crippen LogP contribution in [0.5, 0.6) is 5.75 Å². The molecule has 1 unspecified atom stereocenters. The van der Waals surface area contributed by atoms with Crippen molar-refractivity contribution in [3.05, 3.63) is 114 Å². The van der Waals surface area contributed by atoms with Crippen molar-refractivity contribution in [2.45, 2.75) is 31.4 Å². The van der Waals surface area contributed by atoms with Gasteiger partial charge in [-0.1, -0.05) is 66.7 Å². The van der Waals surface area contributed by atoms with Gasteiger partial charge in [0.1, 0.15) is 18.6 Å². The quantitative estimate of drug-likeness (QED) is 0.456. The summed E-state index contributed by atoms with van der Waals surface area (Å²) in [4.78, 5) is 8.56. The van der Waals surface area contributed by atoms with E-state index in [-0.39, 0.29) is 0 Å². The Morgan fingerprint density at radius 3 is 2.68 bits per heavy atom. The highest BCUT2D eigenvalue weighted by Crippen LogP contribution is 2.39. The van der Waals surface area contributed by atoms with Gasteiger partial charge in [0.2, 0.25) is 6.34 Å². The Morgan fingerprint density at radius 2 is 1.76 bits per heavy atom. The van der Waals surface area contributed by atoms with E-state index in [1.54, 1.807) is 0 Å². The zero-order valence-electron chi connectivity index (χ0n) is 18.9. The second kappa shape index (κ2) is 8.86. The highest BCUT2D eigenvalue weighted by atomic mass is 16.5. The molecule has 0 radical (unpaired) electrons. The first kappa shape index (κ1) is 20.8. The summed E-state index contributed by atoms with van der Waals surface area (Å²) in [5, 5.41) is 0. The fourth-order valence-electron chi connectivity index (χ4n) is 4.91. The van der Waals surface area contributed by atoms with Gasteiger partial charge in [-0.15, -0.1) is 10.0 Å². The maximum Gasteiger partial charge on any atom is 0.219 e. The minimum Gasteiger partial charge on any atom is -0.489 e. The predicted octanol–water partition coefficient (Wildman–Crippen LogP) is 5.94. The lowest BCUT2D eigenvalue weighted by molar-refractivity contribution is -0.788. The molecule has 0 amide bonds. The molecule has 3 aromatic rings. The zero-order chi connectivity index (χ0) is 22.8. The number of allylic oxidation sites excluding steroid dienone is 1.